The molecule has 24 heavy (non-hydrogen) atoms. The molecule has 0 fully saturated rings. The Balaban J connectivity index is 1.69. The third kappa shape index (κ3) is 3.60. The second kappa shape index (κ2) is 6.95. The summed E-state index contributed by atoms with van der Waals surface area (Å²) in [6.45, 7) is 0. The lowest BCUT2D eigenvalue weighted by Gasteiger charge is -2.08. The first kappa shape index (κ1) is 15.7. The summed E-state index contributed by atoms with van der Waals surface area (Å²) in [5, 5.41) is 10.9. The van der Waals surface area contributed by atoms with E-state index < -0.39 is 0 Å². The highest BCUT2D eigenvalue weighted by atomic mass is 16.5. The van der Waals surface area contributed by atoms with Gasteiger partial charge in [0.2, 0.25) is 5.91 Å². The van der Waals surface area contributed by atoms with Gasteiger partial charge in [0.15, 0.2) is 5.82 Å². The van der Waals surface area contributed by atoms with Gasteiger partial charge in [-0.2, -0.15) is 0 Å². The molecule has 0 aliphatic heterocycles. The van der Waals surface area contributed by atoms with Crippen LogP contribution in [0.15, 0.2) is 54.9 Å². The van der Waals surface area contributed by atoms with Gasteiger partial charge in [0.05, 0.1) is 13.5 Å². The summed E-state index contributed by atoms with van der Waals surface area (Å²) in [5.74, 6) is 1.45. The van der Waals surface area contributed by atoms with Crippen LogP contribution in [0.25, 0.3) is 11.4 Å². The number of hydrogen-bond acceptors (Lipinski definition) is 4. The fourth-order valence-electron chi connectivity index (χ4n) is 2.41. The molecule has 0 saturated carbocycles. The molecule has 6 nitrogen and oxygen atoms in total. The number of hydrogen-bond donors (Lipinski definition) is 1. The summed E-state index contributed by atoms with van der Waals surface area (Å²) < 4.78 is 6.95. The van der Waals surface area contributed by atoms with Crippen LogP contribution in [0.5, 0.6) is 5.75 Å². The fraction of sp³-hybridized carbons (Fsp3) is 0.167. The minimum atomic E-state index is -0.0738. The largest absolute Gasteiger partial charge is 0.497 e. The molecular formula is C18H18N4O2. The predicted molar refractivity (Wildman–Crippen MR) is 91.8 cm³/mol. The Labute approximate surface area is 140 Å². The normalized spacial score (nSPS) is 10.4. The summed E-state index contributed by atoms with van der Waals surface area (Å²) in [6.07, 6.45) is 1.95. The third-order valence-corrected chi connectivity index (χ3v) is 3.64. The van der Waals surface area contributed by atoms with E-state index in [4.69, 9.17) is 4.74 Å². The molecule has 0 radical (unpaired) electrons. The monoisotopic (exact) mass is 322 g/mol. The van der Waals surface area contributed by atoms with Crippen LogP contribution in [0.1, 0.15) is 5.56 Å². The molecule has 0 aliphatic carbocycles. The van der Waals surface area contributed by atoms with Crippen molar-refractivity contribution in [1.29, 1.82) is 0 Å². The maximum absolute atomic E-state index is 12.2. The number of carbonyl (C=O) groups is 1. The Morgan fingerprint density at radius 3 is 2.67 bits per heavy atom. The topological polar surface area (TPSA) is 69.0 Å². The lowest BCUT2D eigenvalue weighted by Crippen LogP contribution is -2.14. The highest BCUT2D eigenvalue weighted by Gasteiger charge is 2.08. The number of carbonyl (C=O) groups excluding carboxylic acids is 1. The van der Waals surface area contributed by atoms with E-state index in [1.165, 1.54) is 0 Å². The molecule has 0 aliphatic rings. The smallest absolute Gasteiger partial charge is 0.228 e. The Hall–Kier alpha value is -3.15. The van der Waals surface area contributed by atoms with E-state index in [2.05, 4.69) is 15.5 Å². The molecule has 0 unspecified atom stereocenters. The summed E-state index contributed by atoms with van der Waals surface area (Å²) >= 11 is 0. The molecular weight excluding hydrogens is 304 g/mol. The van der Waals surface area contributed by atoms with E-state index in [9.17, 15) is 4.79 Å². The summed E-state index contributed by atoms with van der Waals surface area (Å²) in [7, 11) is 3.50. The molecule has 0 spiro atoms. The van der Waals surface area contributed by atoms with Crippen molar-refractivity contribution in [1.82, 2.24) is 14.8 Å². The summed E-state index contributed by atoms with van der Waals surface area (Å²) in [4.78, 5) is 12.2. The van der Waals surface area contributed by atoms with Crippen molar-refractivity contribution >= 4 is 11.6 Å². The van der Waals surface area contributed by atoms with Gasteiger partial charge in [0, 0.05) is 18.3 Å². The van der Waals surface area contributed by atoms with Crippen molar-refractivity contribution in [3.8, 4) is 17.1 Å². The SMILES string of the molecule is COc1ccc(CC(=O)Nc2cccc(-c3nncn3C)c2)cc1. The molecule has 1 heterocycles. The van der Waals surface area contributed by atoms with Crippen LogP contribution in [0.4, 0.5) is 5.69 Å². The molecule has 0 atom stereocenters. The lowest BCUT2D eigenvalue weighted by molar-refractivity contribution is -0.115. The van der Waals surface area contributed by atoms with E-state index in [0.717, 1.165) is 28.4 Å². The van der Waals surface area contributed by atoms with Crippen molar-refractivity contribution < 1.29 is 9.53 Å². The van der Waals surface area contributed by atoms with Gasteiger partial charge >= 0.3 is 0 Å². The molecule has 1 aromatic heterocycles. The van der Waals surface area contributed by atoms with E-state index in [-0.39, 0.29) is 5.91 Å². The van der Waals surface area contributed by atoms with E-state index >= 15 is 0 Å². The van der Waals surface area contributed by atoms with Gasteiger partial charge in [-0.1, -0.05) is 24.3 Å². The lowest BCUT2D eigenvalue weighted by atomic mass is 10.1. The Bertz CT molecular complexity index is 840. The van der Waals surface area contributed by atoms with Crippen LogP contribution < -0.4 is 10.1 Å². The summed E-state index contributed by atoms with van der Waals surface area (Å²) in [5.41, 5.74) is 2.56. The van der Waals surface area contributed by atoms with Gasteiger partial charge in [-0.25, -0.2) is 0 Å². The average Bonchev–Trinajstić information content (AvgIpc) is 3.02. The minimum Gasteiger partial charge on any atom is -0.497 e. The molecule has 3 rings (SSSR count). The van der Waals surface area contributed by atoms with Crippen LogP contribution in [-0.4, -0.2) is 27.8 Å². The molecule has 0 saturated heterocycles. The predicted octanol–water partition coefficient (Wildman–Crippen LogP) is 2.67. The zero-order chi connectivity index (χ0) is 16.9. The number of methoxy groups -OCH3 is 1. The second-order valence-corrected chi connectivity index (χ2v) is 5.42. The quantitative estimate of drug-likeness (QED) is 0.784. The first-order chi connectivity index (χ1) is 11.7. The van der Waals surface area contributed by atoms with Crippen LogP contribution in [0.3, 0.4) is 0 Å². The molecule has 1 N–H and O–H groups in total. The van der Waals surface area contributed by atoms with Gasteiger partial charge in [-0.3, -0.25) is 4.79 Å². The zero-order valence-corrected chi connectivity index (χ0v) is 13.6. The second-order valence-electron chi connectivity index (χ2n) is 5.42. The molecule has 6 heteroatoms. The number of amides is 1. The molecule has 1 amide bonds. The number of anilines is 1. The highest BCUT2D eigenvalue weighted by Crippen LogP contribution is 2.20. The van der Waals surface area contributed by atoms with Crippen molar-refractivity contribution in [2.24, 2.45) is 7.05 Å². The van der Waals surface area contributed by atoms with E-state index in [1.54, 1.807) is 13.4 Å². The third-order valence-electron chi connectivity index (χ3n) is 3.64. The van der Waals surface area contributed by atoms with Crippen molar-refractivity contribution in [3.05, 3.63) is 60.4 Å². The average molecular weight is 322 g/mol. The highest BCUT2D eigenvalue weighted by molar-refractivity contribution is 5.92. The van der Waals surface area contributed by atoms with Crippen molar-refractivity contribution in [2.75, 3.05) is 12.4 Å². The molecule has 122 valence electrons. The first-order valence-corrected chi connectivity index (χ1v) is 7.53. The fourth-order valence-corrected chi connectivity index (χ4v) is 2.41. The number of aromatic nitrogens is 3. The van der Waals surface area contributed by atoms with Crippen LogP contribution in [-0.2, 0) is 18.3 Å². The Morgan fingerprint density at radius 1 is 1.21 bits per heavy atom. The van der Waals surface area contributed by atoms with Gasteiger partial charge in [-0.05, 0) is 29.8 Å². The Morgan fingerprint density at radius 2 is 2.00 bits per heavy atom. The van der Waals surface area contributed by atoms with E-state index in [1.807, 2.05) is 60.1 Å². The van der Waals surface area contributed by atoms with Gasteiger partial charge in [0.1, 0.15) is 12.1 Å². The molecule has 3 aromatic rings. The van der Waals surface area contributed by atoms with Crippen molar-refractivity contribution in [3.63, 3.8) is 0 Å². The Kier molecular flexibility index (Phi) is 4.56. The number of rotatable bonds is 5. The number of nitrogens with zero attached hydrogens (tertiary/aromatic N) is 3. The number of ether oxygens (including phenoxy) is 1. The van der Waals surface area contributed by atoms with Gasteiger partial charge in [-0.15, -0.1) is 10.2 Å². The maximum atomic E-state index is 12.2. The minimum absolute atomic E-state index is 0.0738. The van der Waals surface area contributed by atoms with Crippen LogP contribution in [0.2, 0.25) is 0 Å². The van der Waals surface area contributed by atoms with Crippen molar-refractivity contribution in [2.45, 2.75) is 6.42 Å². The maximum Gasteiger partial charge on any atom is 0.228 e. The molecule has 0 bridgehead atoms. The first-order valence-electron chi connectivity index (χ1n) is 7.53. The van der Waals surface area contributed by atoms with Gasteiger partial charge in [0.25, 0.3) is 0 Å². The number of aryl methyl sites for hydroxylation is 1. The number of nitrogens with one attached hydrogen (secondary N) is 1. The standard InChI is InChI=1S/C18H18N4O2/c1-22-12-19-21-18(22)14-4-3-5-15(11-14)20-17(23)10-13-6-8-16(24-2)9-7-13/h3-9,11-12H,10H2,1-2H3,(H,20,23). The number of benzene rings is 2. The van der Waals surface area contributed by atoms with Gasteiger partial charge < -0.3 is 14.6 Å². The zero-order valence-electron chi connectivity index (χ0n) is 13.6. The van der Waals surface area contributed by atoms with E-state index in [0.29, 0.717) is 6.42 Å². The summed E-state index contributed by atoms with van der Waals surface area (Å²) in [6, 6.07) is 15.0. The van der Waals surface area contributed by atoms with Crippen LogP contribution >= 0.6 is 0 Å². The van der Waals surface area contributed by atoms with Crippen LogP contribution in [0, 0.1) is 0 Å². The molecule has 2 aromatic carbocycles.